The number of halogens is 1. The number of aromatic nitrogens is 2. The van der Waals surface area contributed by atoms with Crippen molar-refractivity contribution in [3.05, 3.63) is 52.3 Å². The number of aliphatic carboxylic acids is 1. The van der Waals surface area contributed by atoms with Crippen LogP contribution in [-0.4, -0.2) is 61.3 Å². The fourth-order valence-corrected chi connectivity index (χ4v) is 5.85. The van der Waals surface area contributed by atoms with Crippen molar-refractivity contribution in [2.75, 3.05) is 6.54 Å². The van der Waals surface area contributed by atoms with E-state index in [0.717, 1.165) is 30.5 Å². The van der Waals surface area contributed by atoms with Crippen LogP contribution in [0.4, 0.5) is 4.79 Å². The summed E-state index contributed by atoms with van der Waals surface area (Å²) in [5, 5.41) is 14.7. The summed E-state index contributed by atoms with van der Waals surface area (Å²) in [4.78, 5) is 41.3. The highest BCUT2D eigenvalue weighted by Gasteiger charge is 2.43. The summed E-state index contributed by atoms with van der Waals surface area (Å²) >= 11 is 6.00. The zero-order valence-corrected chi connectivity index (χ0v) is 20.2. The maximum Gasteiger partial charge on any atom is 0.410 e. The van der Waals surface area contributed by atoms with E-state index in [1.54, 1.807) is 27.8 Å². The van der Waals surface area contributed by atoms with Crippen LogP contribution in [0.25, 0.3) is 0 Å². The highest BCUT2D eigenvalue weighted by molar-refractivity contribution is 6.30. The molecule has 2 unspecified atom stereocenters. The number of hydrogen-bond donors (Lipinski definition) is 1. The number of carbonyl (C=O) groups excluding carboxylic acids is 2. The van der Waals surface area contributed by atoms with Gasteiger partial charge in [0.05, 0.1) is 18.2 Å². The summed E-state index contributed by atoms with van der Waals surface area (Å²) in [5.74, 6) is -1.30. The predicted molar refractivity (Wildman–Crippen MR) is 127 cm³/mol. The highest BCUT2D eigenvalue weighted by Crippen LogP contribution is 2.38. The van der Waals surface area contributed by atoms with Gasteiger partial charge in [-0.15, -0.1) is 0 Å². The monoisotopic (exact) mass is 500 g/mol. The molecule has 2 fully saturated rings. The molecule has 2 bridgehead atoms. The van der Waals surface area contributed by atoms with Crippen molar-refractivity contribution in [3.8, 4) is 0 Å². The van der Waals surface area contributed by atoms with Crippen molar-refractivity contribution in [1.82, 2.24) is 19.6 Å². The lowest BCUT2D eigenvalue weighted by atomic mass is 9.78. The maximum atomic E-state index is 13.5. The number of fused-ring (bicyclic) bond motifs is 3. The van der Waals surface area contributed by atoms with Crippen LogP contribution in [-0.2, 0) is 29.2 Å². The number of amides is 2. The Bertz CT molecular complexity index is 1120. The van der Waals surface area contributed by atoms with Crippen molar-refractivity contribution in [2.45, 2.75) is 70.3 Å². The van der Waals surface area contributed by atoms with E-state index in [-0.39, 0.29) is 30.5 Å². The molecule has 35 heavy (non-hydrogen) atoms. The van der Waals surface area contributed by atoms with Gasteiger partial charge in [-0.3, -0.25) is 14.3 Å². The van der Waals surface area contributed by atoms with E-state index in [9.17, 15) is 19.5 Å². The maximum absolute atomic E-state index is 13.5. The average Bonchev–Trinajstić information content (AvgIpc) is 3.12. The normalized spacial score (nSPS) is 23.9. The zero-order chi connectivity index (χ0) is 24.5. The van der Waals surface area contributed by atoms with E-state index >= 15 is 0 Å². The molecule has 0 saturated carbocycles. The van der Waals surface area contributed by atoms with Crippen LogP contribution in [0.3, 0.4) is 0 Å². The average molecular weight is 501 g/mol. The minimum absolute atomic E-state index is 0.0597. The Morgan fingerprint density at radius 3 is 2.57 bits per heavy atom. The van der Waals surface area contributed by atoms with Crippen LogP contribution in [0.1, 0.15) is 60.3 Å². The van der Waals surface area contributed by atoms with Gasteiger partial charge in [0.15, 0.2) is 5.69 Å². The molecule has 1 aromatic heterocycles. The third-order valence-corrected chi connectivity index (χ3v) is 7.54. The van der Waals surface area contributed by atoms with Crippen LogP contribution >= 0.6 is 11.6 Å². The molecule has 2 aromatic rings. The molecular weight excluding hydrogens is 472 g/mol. The lowest BCUT2D eigenvalue weighted by Crippen LogP contribution is -2.55. The molecule has 2 atom stereocenters. The molecule has 186 valence electrons. The topological polar surface area (TPSA) is 105 Å². The smallest absolute Gasteiger partial charge is 0.410 e. The van der Waals surface area contributed by atoms with Crippen molar-refractivity contribution >= 4 is 29.6 Å². The minimum Gasteiger partial charge on any atom is -0.481 e. The van der Waals surface area contributed by atoms with Gasteiger partial charge in [0.1, 0.15) is 6.61 Å². The number of benzene rings is 1. The number of ether oxygens (including phenoxy) is 1. The van der Waals surface area contributed by atoms with Gasteiger partial charge >= 0.3 is 12.1 Å². The Balaban J connectivity index is 1.26. The van der Waals surface area contributed by atoms with Gasteiger partial charge in [-0.1, -0.05) is 23.7 Å². The molecule has 0 radical (unpaired) electrons. The number of nitrogens with zero attached hydrogens (tertiary/aromatic N) is 4. The molecule has 9 nitrogen and oxygen atoms in total. The molecule has 3 aliphatic rings. The first-order valence-corrected chi connectivity index (χ1v) is 12.5. The molecule has 1 aromatic carbocycles. The molecule has 10 heteroatoms. The van der Waals surface area contributed by atoms with Crippen molar-refractivity contribution in [1.29, 1.82) is 0 Å². The van der Waals surface area contributed by atoms with E-state index in [4.69, 9.17) is 16.3 Å². The van der Waals surface area contributed by atoms with E-state index in [1.165, 1.54) is 0 Å². The van der Waals surface area contributed by atoms with Crippen LogP contribution in [0, 0.1) is 5.92 Å². The van der Waals surface area contributed by atoms with Gasteiger partial charge in [0, 0.05) is 30.2 Å². The summed E-state index contributed by atoms with van der Waals surface area (Å²) < 4.78 is 7.30. The Morgan fingerprint density at radius 1 is 1.09 bits per heavy atom. The molecule has 2 amide bonds. The first-order chi connectivity index (χ1) is 16.9. The van der Waals surface area contributed by atoms with E-state index < -0.39 is 12.1 Å². The van der Waals surface area contributed by atoms with Crippen LogP contribution in [0.15, 0.2) is 30.3 Å². The predicted octanol–water partition coefficient (Wildman–Crippen LogP) is 3.94. The second-order valence-corrected chi connectivity index (χ2v) is 10.1. The quantitative estimate of drug-likeness (QED) is 0.681. The zero-order valence-electron chi connectivity index (χ0n) is 19.4. The second kappa shape index (κ2) is 9.89. The molecule has 2 saturated heterocycles. The Morgan fingerprint density at radius 2 is 1.86 bits per heavy atom. The number of aryl methyl sites for hydroxylation is 1. The lowest BCUT2D eigenvalue weighted by molar-refractivity contribution is -0.145. The standard InChI is InChI=1S/C25H29ClN4O5/c26-18-5-1-4-16(10-18)15-35-25(34)28-8-3-9-29-21(14-28)13-22(27-29)23(31)30-19-6-2-7-20(30)12-17(11-19)24(32)33/h1,4-5,10,13,17,19-20H,2-3,6-9,11-12,14-15H2,(H,32,33). The van der Waals surface area contributed by atoms with Gasteiger partial charge in [-0.25, -0.2) is 4.79 Å². The SMILES string of the molecule is O=C(O)C1CC2CCCC(C1)N2C(=O)c1cc2n(n1)CCCN(C(=O)OCc1cccc(Cl)c1)C2. The number of carboxylic acids is 1. The van der Waals surface area contributed by atoms with Crippen LogP contribution in [0.5, 0.6) is 0 Å². The number of hydrogen-bond acceptors (Lipinski definition) is 5. The molecule has 1 N–H and O–H groups in total. The van der Waals surface area contributed by atoms with Crippen LogP contribution in [0.2, 0.25) is 5.02 Å². The van der Waals surface area contributed by atoms with Gasteiger partial charge < -0.3 is 19.6 Å². The first-order valence-electron chi connectivity index (χ1n) is 12.2. The van der Waals surface area contributed by atoms with E-state index in [0.29, 0.717) is 49.6 Å². The Kier molecular flexibility index (Phi) is 6.69. The molecular formula is C25H29ClN4O5. The van der Waals surface area contributed by atoms with Gasteiger partial charge in [0.2, 0.25) is 0 Å². The minimum atomic E-state index is -0.773. The van der Waals surface area contributed by atoms with Crippen molar-refractivity contribution in [3.63, 3.8) is 0 Å². The summed E-state index contributed by atoms with van der Waals surface area (Å²) in [6.45, 7) is 1.58. The summed E-state index contributed by atoms with van der Waals surface area (Å²) in [5.41, 5.74) is 1.96. The first kappa shape index (κ1) is 23.7. The lowest BCUT2D eigenvalue weighted by Gasteiger charge is -2.47. The third-order valence-electron chi connectivity index (χ3n) is 7.30. The highest BCUT2D eigenvalue weighted by atomic mass is 35.5. The van der Waals surface area contributed by atoms with Crippen molar-refractivity contribution in [2.24, 2.45) is 5.92 Å². The number of carboxylic acid groups (broad SMARTS) is 1. The Hall–Kier alpha value is -3.07. The van der Waals surface area contributed by atoms with E-state index in [2.05, 4.69) is 5.10 Å². The number of piperidine rings is 2. The van der Waals surface area contributed by atoms with E-state index in [1.807, 2.05) is 17.0 Å². The molecule has 4 heterocycles. The Labute approximate surface area is 208 Å². The third kappa shape index (κ3) is 5.00. The summed E-state index contributed by atoms with van der Waals surface area (Å²) in [6.07, 6.45) is 3.94. The number of rotatable bonds is 4. The van der Waals surface area contributed by atoms with Gasteiger partial charge in [-0.2, -0.15) is 5.10 Å². The van der Waals surface area contributed by atoms with Gasteiger partial charge in [0.25, 0.3) is 5.91 Å². The summed E-state index contributed by atoms with van der Waals surface area (Å²) in [6, 6.07) is 8.84. The summed E-state index contributed by atoms with van der Waals surface area (Å²) in [7, 11) is 0. The van der Waals surface area contributed by atoms with Gasteiger partial charge in [-0.05, 0) is 62.3 Å². The molecule has 0 aliphatic carbocycles. The fraction of sp³-hybridized carbons (Fsp3) is 0.520. The fourth-order valence-electron chi connectivity index (χ4n) is 5.63. The van der Waals surface area contributed by atoms with Crippen LogP contribution < -0.4 is 0 Å². The molecule has 3 aliphatic heterocycles. The largest absolute Gasteiger partial charge is 0.481 e. The molecule has 0 spiro atoms. The van der Waals surface area contributed by atoms with Crippen molar-refractivity contribution < 1.29 is 24.2 Å². The molecule has 5 rings (SSSR count). The second-order valence-electron chi connectivity index (χ2n) is 9.66. The number of carbonyl (C=O) groups is 3.